The molecule has 1 aliphatic heterocycles. The fourth-order valence-corrected chi connectivity index (χ4v) is 2.94. The number of nitrogens with zero attached hydrogens (tertiary/aromatic N) is 1. The van der Waals surface area contributed by atoms with Gasteiger partial charge < -0.3 is 15.6 Å². The molecule has 1 aliphatic carbocycles. The van der Waals surface area contributed by atoms with Crippen LogP contribution in [0, 0.1) is 0 Å². The molecular formula is C13H19N3O. The zero-order chi connectivity index (χ0) is 11.9. The second kappa shape index (κ2) is 3.88. The van der Waals surface area contributed by atoms with E-state index in [1.54, 1.807) is 0 Å². The highest BCUT2D eigenvalue weighted by Crippen LogP contribution is 2.37. The van der Waals surface area contributed by atoms with E-state index in [0.29, 0.717) is 0 Å². The molecule has 1 unspecified atom stereocenters. The highest BCUT2D eigenvalue weighted by molar-refractivity contribution is 5.87. The molecule has 0 spiro atoms. The molecule has 0 bridgehead atoms. The molecule has 2 aliphatic rings. The Labute approximate surface area is 101 Å². The Morgan fingerprint density at radius 3 is 2.88 bits per heavy atom. The van der Waals surface area contributed by atoms with E-state index in [4.69, 9.17) is 5.73 Å². The molecule has 92 valence electrons. The van der Waals surface area contributed by atoms with Crippen LogP contribution in [0.25, 0.3) is 0 Å². The first kappa shape index (κ1) is 10.8. The summed E-state index contributed by atoms with van der Waals surface area (Å²) < 4.78 is 0. The van der Waals surface area contributed by atoms with E-state index in [1.807, 2.05) is 17.2 Å². The molecule has 17 heavy (non-hydrogen) atoms. The second-order valence-electron chi connectivity index (χ2n) is 5.29. The van der Waals surface area contributed by atoms with Crippen molar-refractivity contribution in [2.24, 2.45) is 5.73 Å². The minimum atomic E-state index is -0.560. The fraction of sp³-hybridized carbons (Fsp3) is 0.615. The van der Waals surface area contributed by atoms with Crippen molar-refractivity contribution in [3.8, 4) is 0 Å². The Morgan fingerprint density at radius 1 is 1.47 bits per heavy atom. The number of nitrogens with two attached hydrogens (primary N) is 1. The number of aromatic amines is 1. The van der Waals surface area contributed by atoms with Crippen molar-refractivity contribution in [1.82, 2.24) is 9.88 Å². The van der Waals surface area contributed by atoms with Gasteiger partial charge in [0.25, 0.3) is 0 Å². The maximum Gasteiger partial charge on any atom is 0.243 e. The lowest BCUT2D eigenvalue weighted by atomic mass is 9.76. The van der Waals surface area contributed by atoms with Gasteiger partial charge in [0.15, 0.2) is 0 Å². The van der Waals surface area contributed by atoms with Crippen LogP contribution in [-0.2, 0) is 4.79 Å². The van der Waals surface area contributed by atoms with Gasteiger partial charge in [-0.3, -0.25) is 4.79 Å². The third kappa shape index (κ3) is 1.67. The normalized spacial score (nSPS) is 26.9. The molecular weight excluding hydrogens is 214 g/mol. The number of hydrogen-bond donors (Lipinski definition) is 2. The number of nitrogens with one attached hydrogen (secondary N) is 1. The Morgan fingerprint density at radius 2 is 2.29 bits per heavy atom. The molecule has 1 aromatic heterocycles. The number of amides is 1. The fourth-order valence-electron chi connectivity index (χ4n) is 2.94. The van der Waals surface area contributed by atoms with E-state index in [9.17, 15) is 4.79 Å². The largest absolute Gasteiger partial charge is 0.363 e. The Hall–Kier alpha value is -1.29. The van der Waals surface area contributed by atoms with Crippen molar-refractivity contribution in [3.05, 3.63) is 24.0 Å². The van der Waals surface area contributed by atoms with Crippen LogP contribution < -0.4 is 5.73 Å². The molecule has 2 heterocycles. The molecule has 4 heteroatoms. The van der Waals surface area contributed by atoms with Crippen LogP contribution in [0.3, 0.4) is 0 Å². The van der Waals surface area contributed by atoms with Crippen LogP contribution >= 0.6 is 0 Å². The van der Waals surface area contributed by atoms with E-state index in [-0.39, 0.29) is 11.9 Å². The number of hydrogen-bond acceptors (Lipinski definition) is 2. The maximum atomic E-state index is 12.4. The molecule has 4 nitrogen and oxygen atoms in total. The Kier molecular flexibility index (Phi) is 2.47. The van der Waals surface area contributed by atoms with Gasteiger partial charge in [-0.2, -0.15) is 0 Å². The molecule has 1 amide bonds. The van der Waals surface area contributed by atoms with Crippen LogP contribution in [0.2, 0.25) is 0 Å². The lowest BCUT2D eigenvalue weighted by molar-refractivity contribution is -0.141. The molecule has 1 saturated heterocycles. The Bertz CT molecular complexity index is 408. The highest BCUT2D eigenvalue weighted by Gasteiger charge is 2.45. The molecule has 0 aromatic carbocycles. The summed E-state index contributed by atoms with van der Waals surface area (Å²) in [6.45, 7) is 0.849. The number of likely N-dealkylation sites (tertiary alicyclic amines) is 1. The van der Waals surface area contributed by atoms with E-state index < -0.39 is 5.54 Å². The first-order chi connectivity index (χ1) is 8.21. The predicted molar refractivity (Wildman–Crippen MR) is 65.3 cm³/mol. The number of H-pyrrole nitrogens is 1. The summed E-state index contributed by atoms with van der Waals surface area (Å²) in [5.74, 6) is 0.154. The molecule has 1 atom stereocenters. The van der Waals surface area contributed by atoms with Gasteiger partial charge in [0.05, 0.1) is 11.6 Å². The van der Waals surface area contributed by atoms with Crippen molar-refractivity contribution >= 4 is 5.91 Å². The predicted octanol–water partition coefficient (Wildman–Crippen LogP) is 1.56. The summed E-state index contributed by atoms with van der Waals surface area (Å²) in [4.78, 5) is 17.6. The summed E-state index contributed by atoms with van der Waals surface area (Å²) in [5.41, 5.74) is 6.72. The van der Waals surface area contributed by atoms with Crippen LogP contribution in [0.5, 0.6) is 0 Å². The SMILES string of the molecule is NC1(C(=O)N2CCCC2c2ccc[nH]2)CCC1. The van der Waals surface area contributed by atoms with Gasteiger partial charge in [0.2, 0.25) is 5.91 Å². The molecule has 3 rings (SSSR count). The van der Waals surface area contributed by atoms with Gasteiger partial charge in [-0.15, -0.1) is 0 Å². The van der Waals surface area contributed by atoms with Crippen LogP contribution in [-0.4, -0.2) is 27.9 Å². The van der Waals surface area contributed by atoms with E-state index in [0.717, 1.165) is 44.3 Å². The van der Waals surface area contributed by atoms with E-state index >= 15 is 0 Å². The topological polar surface area (TPSA) is 62.1 Å². The third-order valence-corrected chi connectivity index (χ3v) is 4.17. The monoisotopic (exact) mass is 233 g/mol. The summed E-state index contributed by atoms with van der Waals surface area (Å²) >= 11 is 0. The second-order valence-corrected chi connectivity index (χ2v) is 5.29. The van der Waals surface area contributed by atoms with Crippen LogP contribution in [0.1, 0.15) is 43.8 Å². The minimum Gasteiger partial charge on any atom is -0.363 e. The van der Waals surface area contributed by atoms with Gasteiger partial charge in [0, 0.05) is 18.4 Å². The number of aromatic nitrogens is 1. The summed E-state index contributed by atoms with van der Waals surface area (Å²) in [5, 5.41) is 0. The smallest absolute Gasteiger partial charge is 0.243 e. The average Bonchev–Trinajstić information content (AvgIpc) is 2.93. The summed E-state index contributed by atoms with van der Waals surface area (Å²) in [6.07, 6.45) is 6.81. The highest BCUT2D eigenvalue weighted by atomic mass is 16.2. The summed E-state index contributed by atoms with van der Waals surface area (Å²) in [6, 6.07) is 4.25. The van der Waals surface area contributed by atoms with Crippen molar-refractivity contribution in [1.29, 1.82) is 0 Å². The lowest BCUT2D eigenvalue weighted by Gasteiger charge is -2.40. The number of rotatable bonds is 2. The standard InChI is InChI=1S/C13H19N3O/c14-13(6-3-7-13)12(17)16-9-2-5-11(16)10-4-1-8-15-10/h1,4,8,11,15H,2-3,5-7,9,14H2. The number of carbonyl (C=O) groups is 1. The molecule has 2 fully saturated rings. The Balaban J connectivity index is 1.80. The van der Waals surface area contributed by atoms with Gasteiger partial charge >= 0.3 is 0 Å². The molecule has 1 aromatic rings. The molecule has 0 radical (unpaired) electrons. The minimum absolute atomic E-state index is 0.154. The molecule has 1 saturated carbocycles. The van der Waals surface area contributed by atoms with Gasteiger partial charge in [-0.05, 0) is 44.2 Å². The first-order valence-corrected chi connectivity index (χ1v) is 6.44. The quantitative estimate of drug-likeness (QED) is 0.814. The van der Waals surface area contributed by atoms with E-state index in [2.05, 4.69) is 11.1 Å². The van der Waals surface area contributed by atoms with Crippen molar-refractivity contribution in [3.63, 3.8) is 0 Å². The van der Waals surface area contributed by atoms with Crippen LogP contribution in [0.15, 0.2) is 18.3 Å². The molecule has 3 N–H and O–H groups in total. The summed E-state index contributed by atoms with van der Waals surface area (Å²) in [7, 11) is 0. The lowest BCUT2D eigenvalue weighted by Crippen LogP contribution is -2.59. The van der Waals surface area contributed by atoms with Gasteiger partial charge in [0.1, 0.15) is 0 Å². The van der Waals surface area contributed by atoms with Crippen molar-refractivity contribution in [2.75, 3.05) is 6.54 Å². The van der Waals surface area contributed by atoms with Gasteiger partial charge in [-0.25, -0.2) is 0 Å². The van der Waals surface area contributed by atoms with Crippen molar-refractivity contribution in [2.45, 2.75) is 43.7 Å². The average molecular weight is 233 g/mol. The van der Waals surface area contributed by atoms with Gasteiger partial charge in [-0.1, -0.05) is 0 Å². The van der Waals surface area contributed by atoms with E-state index in [1.165, 1.54) is 0 Å². The zero-order valence-electron chi connectivity index (χ0n) is 9.98. The first-order valence-electron chi connectivity index (χ1n) is 6.44. The number of carbonyl (C=O) groups excluding carboxylic acids is 1. The van der Waals surface area contributed by atoms with Crippen molar-refractivity contribution < 1.29 is 4.79 Å². The zero-order valence-corrected chi connectivity index (χ0v) is 9.98. The maximum absolute atomic E-state index is 12.4. The van der Waals surface area contributed by atoms with Crippen LogP contribution in [0.4, 0.5) is 0 Å². The third-order valence-electron chi connectivity index (χ3n) is 4.17.